The summed E-state index contributed by atoms with van der Waals surface area (Å²) in [6.45, 7) is 2.53. The van der Waals surface area contributed by atoms with Crippen molar-refractivity contribution in [2.75, 3.05) is 26.7 Å². The molecule has 1 fully saturated rings. The van der Waals surface area contributed by atoms with E-state index in [0.717, 1.165) is 54.1 Å². The van der Waals surface area contributed by atoms with E-state index in [2.05, 4.69) is 10.2 Å². The first-order valence-corrected chi connectivity index (χ1v) is 9.92. The van der Waals surface area contributed by atoms with Gasteiger partial charge in [-0.1, -0.05) is 12.1 Å². The van der Waals surface area contributed by atoms with Crippen molar-refractivity contribution in [3.05, 3.63) is 35.5 Å². The van der Waals surface area contributed by atoms with Gasteiger partial charge in [0.15, 0.2) is 0 Å². The number of methoxy groups -OCH3 is 1. The number of carbonyl (C=O) groups excluding carboxylic acids is 2. The lowest BCUT2D eigenvalue weighted by atomic mass is 10.0. The van der Waals surface area contributed by atoms with E-state index < -0.39 is 0 Å². The topological polar surface area (TPSA) is 78.5 Å². The van der Waals surface area contributed by atoms with Crippen LogP contribution in [0.15, 0.2) is 24.3 Å². The Morgan fingerprint density at radius 3 is 2.96 bits per heavy atom. The highest BCUT2D eigenvalue weighted by molar-refractivity contribution is 5.80. The van der Waals surface area contributed by atoms with Crippen LogP contribution >= 0.6 is 0 Å². The van der Waals surface area contributed by atoms with Gasteiger partial charge in [-0.25, -0.2) is 0 Å². The van der Waals surface area contributed by atoms with Gasteiger partial charge < -0.3 is 14.5 Å². The first-order valence-electron chi connectivity index (χ1n) is 9.92. The van der Waals surface area contributed by atoms with Crippen molar-refractivity contribution in [3.63, 3.8) is 0 Å². The molecule has 0 spiro atoms. The number of H-pyrrole nitrogens is 1. The number of likely N-dealkylation sites (tertiary alicyclic amines) is 1. The number of carbonyl (C=O) groups is 2. The fourth-order valence-corrected chi connectivity index (χ4v) is 4.00. The number of ether oxygens (including phenoxy) is 1. The van der Waals surface area contributed by atoms with Crippen LogP contribution in [0.5, 0.6) is 5.75 Å². The van der Waals surface area contributed by atoms with Crippen molar-refractivity contribution >= 4 is 11.8 Å². The summed E-state index contributed by atoms with van der Waals surface area (Å²) >= 11 is 0. The molecule has 0 radical (unpaired) electrons. The molecule has 0 atom stereocenters. The average molecular weight is 382 g/mol. The molecule has 7 nitrogen and oxygen atoms in total. The molecule has 0 aliphatic carbocycles. The number of amides is 2. The quantitative estimate of drug-likeness (QED) is 0.861. The third-order valence-electron chi connectivity index (χ3n) is 5.65. The van der Waals surface area contributed by atoms with E-state index in [-0.39, 0.29) is 11.8 Å². The molecule has 0 saturated carbocycles. The standard InChI is InChI=1S/C21H26N4O3/c1-28-16-6-4-5-15(13-16)21-17-14-25(11-8-18(17)22-23-21)20(27)9-12-24-10-3-2-7-19(24)26/h4-6,13H,2-3,7-12,14H2,1H3,(H,22,23). The lowest BCUT2D eigenvalue weighted by Crippen LogP contribution is -2.40. The molecular formula is C21H26N4O3. The minimum atomic E-state index is 0.0989. The first kappa shape index (κ1) is 18.5. The molecule has 1 aromatic carbocycles. The Labute approximate surface area is 164 Å². The van der Waals surface area contributed by atoms with Crippen molar-refractivity contribution in [2.24, 2.45) is 0 Å². The second-order valence-corrected chi connectivity index (χ2v) is 7.41. The fraction of sp³-hybridized carbons (Fsp3) is 0.476. The highest BCUT2D eigenvalue weighted by atomic mass is 16.5. The maximum absolute atomic E-state index is 12.8. The van der Waals surface area contributed by atoms with Crippen LogP contribution in [0.2, 0.25) is 0 Å². The molecular weight excluding hydrogens is 356 g/mol. The highest BCUT2D eigenvalue weighted by Gasteiger charge is 2.27. The molecule has 0 bridgehead atoms. The summed E-state index contributed by atoms with van der Waals surface area (Å²) in [5, 5.41) is 7.62. The Kier molecular flexibility index (Phi) is 5.32. The molecule has 1 aromatic heterocycles. The van der Waals surface area contributed by atoms with E-state index in [1.54, 1.807) is 7.11 Å². The molecule has 2 aromatic rings. The SMILES string of the molecule is COc1cccc(-c2n[nH]c3c2CN(C(=O)CCN2CCCCC2=O)CC3)c1. The molecule has 148 valence electrons. The molecule has 4 rings (SSSR count). The van der Waals surface area contributed by atoms with Gasteiger partial charge in [0.05, 0.1) is 12.8 Å². The summed E-state index contributed by atoms with van der Waals surface area (Å²) in [7, 11) is 1.65. The summed E-state index contributed by atoms with van der Waals surface area (Å²) < 4.78 is 5.32. The van der Waals surface area contributed by atoms with Gasteiger partial charge in [0.25, 0.3) is 0 Å². The normalized spacial score (nSPS) is 16.8. The van der Waals surface area contributed by atoms with Gasteiger partial charge in [-0.05, 0) is 25.0 Å². The van der Waals surface area contributed by atoms with Crippen molar-refractivity contribution in [1.29, 1.82) is 0 Å². The highest BCUT2D eigenvalue weighted by Crippen LogP contribution is 2.30. The fourth-order valence-electron chi connectivity index (χ4n) is 4.00. The smallest absolute Gasteiger partial charge is 0.224 e. The van der Waals surface area contributed by atoms with Crippen LogP contribution in [-0.4, -0.2) is 58.6 Å². The summed E-state index contributed by atoms with van der Waals surface area (Å²) in [6.07, 6.45) is 3.76. The second-order valence-electron chi connectivity index (χ2n) is 7.41. The Morgan fingerprint density at radius 2 is 2.14 bits per heavy atom. The third-order valence-corrected chi connectivity index (χ3v) is 5.65. The van der Waals surface area contributed by atoms with E-state index in [1.165, 1.54) is 0 Å². The number of fused-ring (bicyclic) bond motifs is 1. The number of hydrogen-bond donors (Lipinski definition) is 1. The molecule has 7 heteroatoms. The minimum absolute atomic E-state index is 0.0989. The number of hydrogen-bond acceptors (Lipinski definition) is 4. The molecule has 1 N–H and O–H groups in total. The van der Waals surface area contributed by atoms with E-state index in [4.69, 9.17) is 4.74 Å². The number of piperidine rings is 1. The molecule has 1 saturated heterocycles. The third kappa shape index (κ3) is 3.74. The number of nitrogens with one attached hydrogen (secondary N) is 1. The van der Waals surface area contributed by atoms with E-state index in [0.29, 0.717) is 32.5 Å². The van der Waals surface area contributed by atoms with Crippen LogP contribution in [0.3, 0.4) is 0 Å². The number of aromatic nitrogens is 2. The summed E-state index contributed by atoms with van der Waals surface area (Å²) in [5.74, 6) is 1.06. The zero-order chi connectivity index (χ0) is 19.5. The number of benzene rings is 1. The lowest BCUT2D eigenvalue weighted by Gasteiger charge is -2.30. The van der Waals surface area contributed by atoms with Crippen molar-refractivity contribution in [2.45, 2.75) is 38.6 Å². The van der Waals surface area contributed by atoms with Crippen molar-refractivity contribution in [1.82, 2.24) is 20.0 Å². The molecule has 2 aliphatic rings. The van der Waals surface area contributed by atoms with Gasteiger partial charge in [-0.3, -0.25) is 14.7 Å². The Bertz CT molecular complexity index is 876. The largest absolute Gasteiger partial charge is 0.497 e. The zero-order valence-corrected chi connectivity index (χ0v) is 16.2. The maximum atomic E-state index is 12.8. The van der Waals surface area contributed by atoms with Crippen LogP contribution in [0, 0.1) is 0 Å². The number of nitrogens with zero attached hydrogens (tertiary/aromatic N) is 3. The monoisotopic (exact) mass is 382 g/mol. The maximum Gasteiger partial charge on any atom is 0.224 e. The van der Waals surface area contributed by atoms with Gasteiger partial charge in [-0.15, -0.1) is 0 Å². The predicted octanol–water partition coefficient (Wildman–Crippen LogP) is 2.37. The van der Waals surface area contributed by atoms with Crippen molar-refractivity contribution in [3.8, 4) is 17.0 Å². The van der Waals surface area contributed by atoms with Gasteiger partial charge >= 0.3 is 0 Å². The lowest BCUT2D eigenvalue weighted by molar-refractivity contribution is -0.136. The average Bonchev–Trinajstić information content (AvgIpc) is 3.16. The van der Waals surface area contributed by atoms with Gasteiger partial charge in [0.2, 0.25) is 11.8 Å². The van der Waals surface area contributed by atoms with E-state index in [1.807, 2.05) is 34.1 Å². The summed E-state index contributed by atoms with van der Waals surface area (Å²) in [5.41, 5.74) is 4.01. The summed E-state index contributed by atoms with van der Waals surface area (Å²) in [6, 6.07) is 7.80. The molecule has 3 heterocycles. The van der Waals surface area contributed by atoms with Crippen LogP contribution < -0.4 is 4.74 Å². The molecule has 0 unspecified atom stereocenters. The first-order chi connectivity index (χ1) is 13.7. The molecule has 28 heavy (non-hydrogen) atoms. The Morgan fingerprint density at radius 1 is 1.25 bits per heavy atom. The van der Waals surface area contributed by atoms with Crippen LogP contribution in [0.25, 0.3) is 11.3 Å². The minimum Gasteiger partial charge on any atom is -0.497 e. The van der Waals surface area contributed by atoms with Crippen LogP contribution in [0.1, 0.15) is 36.9 Å². The van der Waals surface area contributed by atoms with Gasteiger partial charge in [0, 0.05) is 62.3 Å². The zero-order valence-electron chi connectivity index (χ0n) is 16.2. The Hall–Kier alpha value is -2.83. The number of aromatic amines is 1. The van der Waals surface area contributed by atoms with Gasteiger partial charge in [0.1, 0.15) is 5.75 Å². The van der Waals surface area contributed by atoms with Crippen LogP contribution in [0.4, 0.5) is 0 Å². The van der Waals surface area contributed by atoms with E-state index in [9.17, 15) is 9.59 Å². The second kappa shape index (κ2) is 8.04. The molecule has 2 aliphatic heterocycles. The van der Waals surface area contributed by atoms with Gasteiger partial charge in [-0.2, -0.15) is 5.10 Å². The van der Waals surface area contributed by atoms with E-state index >= 15 is 0 Å². The Balaban J connectivity index is 1.44. The predicted molar refractivity (Wildman–Crippen MR) is 105 cm³/mol. The van der Waals surface area contributed by atoms with Crippen molar-refractivity contribution < 1.29 is 14.3 Å². The summed E-state index contributed by atoms with van der Waals surface area (Å²) in [4.78, 5) is 28.4. The van der Waals surface area contributed by atoms with Crippen LogP contribution in [-0.2, 0) is 22.6 Å². The number of rotatable bonds is 5. The molecule has 2 amide bonds.